The number of carbonyl (C=O) groups is 1. The van der Waals surface area contributed by atoms with Crippen molar-refractivity contribution in [3.63, 3.8) is 0 Å². The molecule has 15 atom stereocenters. The second-order valence-corrected chi connectivity index (χ2v) is 17.2. The maximum Gasteiger partial charge on any atom is 0.472 e. The van der Waals surface area contributed by atoms with Crippen LogP contribution in [0.5, 0.6) is 0 Å². The third kappa shape index (κ3) is 8.37. The van der Waals surface area contributed by atoms with Crippen molar-refractivity contribution in [1.29, 1.82) is 0 Å². The molecule has 12 N–H and O–H groups in total. The molecule has 358 valence electrons. The van der Waals surface area contributed by atoms with Crippen LogP contribution in [0.3, 0.4) is 0 Å². The molecule has 6 aromatic heterocycles. The Kier molecular flexibility index (Phi) is 11.9. The number of hydrogen-bond donors (Lipinski definition) is 9. The maximum atomic E-state index is 13.7. The van der Waals surface area contributed by atoms with Gasteiger partial charge in [0.15, 0.2) is 65.3 Å². The summed E-state index contributed by atoms with van der Waals surface area (Å²) in [4.78, 5) is 61.6. The summed E-state index contributed by atoms with van der Waals surface area (Å²) in [6.07, 6.45) is -11.9. The summed E-state index contributed by atoms with van der Waals surface area (Å²) in [5, 5.41) is 55.0. The lowest BCUT2D eigenvalue weighted by Gasteiger charge is -2.25. The molecule has 10 heterocycles. The molecule has 4 saturated heterocycles. The van der Waals surface area contributed by atoms with E-state index in [1.807, 2.05) is 0 Å². The van der Waals surface area contributed by atoms with E-state index in [-0.39, 0.29) is 63.5 Å². The molecule has 4 fully saturated rings. The van der Waals surface area contributed by atoms with Crippen molar-refractivity contribution < 1.29 is 77.3 Å². The summed E-state index contributed by atoms with van der Waals surface area (Å²) in [6, 6.07) is 0. The molecule has 0 spiro atoms. The zero-order valence-electron chi connectivity index (χ0n) is 34.4. The number of fused-ring (bicyclic) bond motifs is 3. The van der Waals surface area contributed by atoms with Gasteiger partial charge in [0.2, 0.25) is 0 Å². The quantitative estimate of drug-likeness (QED) is 0.0253. The van der Waals surface area contributed by atoms with E-state index in [1.54, 1.807) is 0 Å². The van der Waals surface area contributed by atoms with Gasteiger partial charge in [-0.3, -0.25) is 22.7 Å². The van der Waals surface area contributed by atoms with Gasteiger partial charge in [-0.1, -0.05) is 0 Å². The highest BCUT2D eigenvalue weighted by atomic mass is 31.2. The van der Waals surface area contributed by atoms with Crippen molar-refractivity contribution in [3.8, 4) is 0 Å². The molecular formula is C35H42N15O16P. The number of aromatic nitrogens is 12. The van der Waals surface area contributed by atoms with E-state index in [0.717, 1.165) is 6.33 Å². The number of nitrogens with zero attached hydrogens (tertiary/aromatic N) is 12. The summed E-state index contributed by atoms with van der Waals surface area (Å²) in [6.45, 7) is -1.98. The van der Waals surface area contributed by atoms with Crippen molar-refractivity contribution >= 4 is 64.7 Å². The maximum absolute atomic E-state index is 13.7. The fourth-order valence-electron chi connectivity index (χ4n) is 8.15. The van der Waals surface area contributed by atoms with Crippen LogP contribution in [0.2, 0.25) is 0 Å². The first-order valence-corrected chi connectivity index (χ1v) is 21.9. The van der Waals surface area contributed by atoms with Gasteiger partial charge in [0.05, 0.1) is 57.6 Å². The zero-order chi connectivity index (χ0) is 46.9. The van der Waals surface area contributed by atoms with Crippen LogP contribution in [-0.4, -0.2) is 189 Å². The Morgan fingerprint density at radius 3 is 1.70 bits per heavy atom. The number of esters is 1. The summed E-state index contributed by atoms with van der Waals surface area (Å²) >= 11 is 0. The number of anilines is 3. The van der Waals surface area contributed by atoms with E-state index in [4.69, 9.17) is 54.7 Å². The van der Waals surface area contributed by atoms with Gasteiger partial charge in [-0.2, -0.15) is 0 Å². The van der Waals surface area contributed by atoms with Gasteiger partial charge in [-0.05, 0) is 0 Å². The SMILES string of the molecule is Nc1ncnc2c1ncn2C1OC(COC(CO)C(=O)OC2C(O)C(COP(=O)(O)OC3C(O)C(CC4CO4)OC3n3cnc4c(N)ncnc43)OC2n2cnc3c(N)ncnc32)C(O)C1O. The van der Waals surface area contributed by atoms with Crippen LogP contribution in [0.15, 0.2) is 38.0 Å². The number of ether oxygens (including phenoxy) is 6. The molecule has 15 unspecified atom stereocenters. The van der Waals surface area contributed by atoms with E-state index in [9.17, 15) is 39.8 Å². The third-order valence-electron chi connectivity index (χ3n) is 11.6. The Morgan fingerprint density at radius 1 is 0.687 bits per heavy atom. The number of rotatable bonds is 16. The van der Waals surface area contributed by atoms with Gasteiger partial charge >= 0.3 is 13.8 Å². The number of epoxide rings is 1. The number of hydrogen-bond acceptors (Lipinski definition) is 27. The van der Waals surface area contributed by atoms with Gasteiger partial charge in [0, 0.05) is 6.42 Å². The molecule has 4 aliphatic heterocycles. The Hall–Kier alpha value is -5.77. The van der Waals surface area contributed by atoms with Crippen LogP contribution >= 0.6 is 7.82 Å². The lowest BCUT2D eigenvalue weighted by atomic mass is 10.1. The van der Waals surface area contributed by atoms with E-state index in [0.29, 0.717) is 6.61 Å². The average Bonchev–Trinajstić information content (AvgIpc) is 3.76. The first-order chi connectivity index (χ1) is 32.2. The molecule has 31 nitrogen and oxygen atoms in total. The average molecular weight is 960 g/mol. The van der Waals surface area contributed by atoms with Gasteiger partial charge in [-0.15, -0.1) is 0 Å². The van der Waals surface area contributed by atoms with E-state index in [1.165, 1.54) is 45.3 Å². The molecular weight excluding hydrogens is 917 g/mol. The normalized spacial score (nSPS) is 32.1. The third-order valence-corrected chi connectivity index (χ3v) is 12.6. The van der Waals surface area contributed by atoms with E-state index < -0.39 is 113 Å². The fraction of sp³-hybridized carbons (Fsp3) is 0.543. The topological polar surface area (TPSA) is 442 Å². The number of carbonyl (C=O) groups excluding carboxylic acids is 1. The molecule has 0 radical (unpaired) electrons. The minimum Gasteiger partial charge on any atom is -0.453 e. The van der Waals surface area contributed by atoms with Crippen LogP contribution in [0, 0.1) is 0 Å². The minimum atomic E-state index is -5.21. The number of phosphoric acid groups is 1. The molecule has 0 aromatic carbocycles. The molecule has 0 bridgehead atoms. The van der Waals surface area contributed by atoms with Crippen molar-refractivity contribution in [2.75, 3.05) is 43.6 Å². The highest BCUT2D eigenvalue weighted by molar-refractivity contribution is 7.47. The van der Waals surface area contributed by atoms with Crippen LogP contribution in [0.1, 0.15) is 25.1 Å². The molecule has 67 heavy (non-hydrogen) atoms. The number of nitrogen functional groups attached to an aromatic ring is 3. The monoisotopic (exact) mass is 959 g/mol. The van der Waals surface area contributed by atoms with Gasteiger partial charge in [0.25, 0.3) is 0 Å². The van der Waals surface area contributed by atoms with Crippen LogP contribution in [0.4, 0.5) is 17.5 Å². The molecule has 4 aliphatic rings. The predicted molar refractivity (Wildman–Crippen MR) is 217 cm³/mol. The standard InChI is InChI=1S/C35H42N15O16P/c36-26-17-29(42-6-39-26)48(9-45-17)32-23(55)20(52)15(63-32)4-60-14(2-51)35(56)65-24-22(54)16(64-33(24)49-10-46-18-27(37)40-7-43-30(18)49)5-61-67(57,58)66-25-21(53)13(1-12-3-59-12)62-34(25)50-11-47-19-28(38)41-8-44-31(19)50/h6-16,20-25,32-34,51-55H,1-5H2,(H,57,58)(H2,36,39,42)(H2,37,40,43)(H2,38,41,44). The van der Waals surface area contributed by atoms with E-state index in [2.05, 4.69) is 44.9 Å². The first-order valence-electron chi connectivity index (χ1n) is 20.4. The Labute approximate surface area is 374 Å². The molecule has 0 aliphatic carbocycles. The highest BCUT2D eigenvalue weighted by Gasteiger charge is 2.53. The summed E-state index contributed by atoms with van der Waals surface area (Å²) < 4.78 is 63.3. The van der Waals surface area contributed by atoms with Crippen molar-refractivity contribution in [2.24, 2.45) is 0 Å². The number of aliphatic hydroxyl groups excluding tert-OH is 5. The summed E-state index contributed by atoms with van der Waals surface area (Å²) in [5.74, 6) is -1.14. The molecule has 32 heteroatoms. The predicted octanol–water partition coefficient (Wildman–Crippen LogP) is -4.03. The fourth-order valence-corrected chi connectivity index (χ4v) is 9.09. The molecule has 0 saturated carbocycles. The minimum absolute atomic E-state index is 0.0203. The molecule has 0 amide bonds. The van der Waals surface area contributed by atoms with Crippen molar-refractivity contribution in [3.05, 3.63) is 38.0 Å². The van der Waals surface area contributed by atoms with Crippen LogP contribution < -0.4 is 17.2 Å². The molecule has 10 rings (SSSR count). The number of aliphatic hydroxyl groups is 5. The Balaban J connectivity index is 0.841. The van der Waals surface area contributed by atoms with Crippen LogP contribution in [-0.2, 0) is 46.8 Å². The second kappa shape index (κ2) is 17.7. The van der Waals surface area contributed by atoms with Gasteiger partial charge in [-0.25, -0.2) is 54.2 Å². The largest absolute Gasteiger partial charge is 0.472 e. The highest BCUT2D eigenvalue weighted by Crippen LogP contribution is 2.51. The second-order valence-electron chi connectivity index (χ2n) is 15.8. The van der Waals surface area contributed by atoms with Crippen molar-refractivity contribution in [2.45, 2.75) is 92.2 Å². The Bertz CT molecular complexity index is 2830. The smallest absolute Gasteiger partial charge is 0.453 e. The summed E-state index contributed by atoms with van der Waals surface area (Å²) in [5.41, 5.74) is 18.8. The van der Waals surface area contributed by atoms with Crippen molar-refractivity contribution in [1.82, 2.24) is 58.6 Å². The van der Waals surface area contributed by atoms with Gasteiger partial charge in [0.1, 0.15) is 78.3 Å². The number of nitrogens with two attached hydrogens (primary N) is 3. The summed E-state index contributed by atoms with van der Waals surface area (Å²) in [7, 11) is -5.21. The van der Waals surface area contributed by atoms with E-state index >= 15 is 0 Å². The molecule has 6 aromatic rings. The lowest BCUT2D eigenvalue weighted by Crippen LogP contribution is -2.42. The Morgan fingerprint density at radius 2 is 1.16 bits per heavy atom. The lowest BCUT2D eigenvalue weighted by molar-refractivity contribution is -0.177. The zero-order valence-corrected chi connectivity index (χ0v) is 35.3. The van der Waals surface area contributed by atoms with Gasteiger partial charge < -0.3 is 76.0 Å². The number of imidazole rings is 3. The van der Waals surface area contributed by atoms with Crippen LogP contribution in [0.25, 0.3) is 33.5 Å². The number of phosphoric ester groups is 1. The first kappa shape index (κ1) is 45.0.